The minimum atomic E-state index is -1.53. The molecule has 0 aromatic rings. The van der Waals surface area contributed by atoms with Gasteiger partial charge in [-0.25, -0.2) is 4.79 Å². The molecule has 312 valence electrons. The highest BCUT2D eigenvalue weighted by atomic mass is 16.4. The summed E-state index contributed by atoms with van der Waals surface area (Å²) < 4.78 is 0. The van der Waals surface area contributed by atoms with Gasteiger partial charge in [-0.2, -0.15) is 0 Å². The van der Waals surface area contributed by atoms with Gasteiger partial charge in [-0.05, 0) is 49.9 Å². The summed E-state index contributed by atoms with van der Waals surface area (Å²) >= 11 is 0. The molecule has 1 rings (SSSR count). The Kier molecular flexibility index (Phi) is 19.8. The molecule has 1 aliphatic heterocycles. The Bertz CT molecular complexity index is 1410. The number of nitrogens with one attached hydrogen (secondary N) is 6. The maximum absolute atomic E-state index is 13.7. The van der Waals surface area contributed by atoms with Crippen molar-refractivity contribution in [2.75, 3.05) is 13.1 Å². The Balaban J connectivity index is 2.95. The fourth-order valence-corrected chi connectivity index (χ4v) is 5.78. The highest BCUT2D eigenvalue weighted by molar-refractivity contribution is 5.97. The Labute approximate surface area is 322 Å². The topological polar surface area (TPSA) is 296 Å². The van der Waals surface area contributed by atoms with Crippen LogP contribution in [0.4, 0.5) is 0 Å². The number of nitrogens with zero attached hydrogens (tertiary/aromatic N) is 1. The first-order valence-electron chi connectivity index (χ1n) is 18.8. The zero-order chi connectivity index (χ0) is 42.3. The molecule has 1 saturated heterocycles. The molecule has 1 aliphatic rings. The summed E-state index contributed by atoms with van der Waals surface area (Å²) in [5.74, 6) is -8.82. The minimum Gasteiger partial charge on any atom is -0.481 e. The van der Waals surface area contributed by atoms with Crippen LogP contribution in [0.5, 0.6) is 0 Å². The van der Waals surface area contributed by atoms with Crippen LogP contribution in [0.3, 0.4) is 0 Å². The van der Waals surface area contributed by atoms with Crippen molar-refractivity contribution in [2.24, 2.45) is 29.4 Å². The van der Waals surface area contributed by atoms with Gasteiger partial charge in [0.2, 0.25) is 41.4 Å². The van der Waals surface area contributed by atoms with Crippen LogP contribution in [0.15, 0.2) is 0 Å². The van der Waals surface area contributed by atoms with Crippen LogP contribution in [-0.4, -0.2) is 124 Å². The molecule has 7 amide bonds. The predicted molar refractivity (Wildman–Crippen MR) is 200 cm³/mol. The number of carboxylic acids is 2. The van der Waals surface area contributed by atoms with Crippen molar-refractivity contribution in [3.63, 3.8) is 0 Å². The largest absolute Gasteiger partial charge is 0.481 e. The van der Waals surface area contributed by atoms with E-state index in [2.05, 4.69) is 31.9 Å². The van der Waals surface area contributed by atoms with Gasteiger partial charge in [0.25, 0.3) is 0 Å². The summed E-state index contributed by atoms with van der Waals surface area (Å²) in [5.41, 5.74) is 5.81. The van der Waals surface area contributed by atoms with Gasteiger partial charge in [0.1, 0.15) is 36.3 Å². The molecule has 19 nitrogen and oxygen atoms in total. The number of amides is 7. The first kappa shape index (κ1) is 48.2. The molecule has 19 heteroatoms. The van der Waals surface area contributed by atoms with E-state index in [1.54, 1.807) is 55.4 Å². The molecule has 0 spiro atoms. The summed E-state index contributed by atoms with van der Waals surface area (Å²) in [7, 11) is 0. The lowest BCUT2D eigenvalue weighted by Gasteiger charge is -2.31. The molecule has 10 N–H and O–H groups in total. The SMILES string of the molecule is CC[C@H](C)[C@H](NC(=O)[C@@H]1CCCN1C(=O)[C@@H](NC(=O)CNC(=O)[C@H](CC(C)C)NC(=O)[C@H](C)NC(=O)[C@H](CC(=O)O)NC(=O)[C@@H](N)C(C)C)C(C)C)C(=O)O. The number of carbonyl (C=O) groups excluding carboxylic acids is 7. The number of likely N-dealkylation sites (tertiary alicyclic amines) is 1. The predicted octanol–water partition coefficient (Wildman–Crippen LogP) is -1.17. The third-order valence-electron chi connectivity index (χ3n) is 9.41. The maximum atomic E-state index is 13.7. The normalized spacial score (nSPS) is 17.9. The first-order chi connectivity index (χ1) is 25.5. The van der Waals surface area contributed by atoms with E-state index in [4.69, 9.17) is 5.73 Å². The standard InChI is InChI=1S/C36H62N8O11/c1-10-20(8)29(36(54)55)43-33(51)24-12-11-13-44(24)35(53)28(19(6)7)42-25(45)16-38-31(49)22(14-17(2)3)40-30(48)21(9)39-32(50)23(15-26(46)47)41-34(52)27(37)18(4)5/h17-24,27-29H,10-16,37H2,1-9H3,(H,38,49)(H,39,50)(H,40,48)(H,41,52)(H,42,45)(H,43,51)(H,46,47)(H,54,55)/t20-,21-,22-,23-,24-,27-,28-,29-/m0/s1. The van der Waals surface area contributed by atoms with Crippen LogP contribution in [0, 0.1) is 23.7 Å². The van der Waals surface area contributed by atoms with E-state index >= 15 is 0 Å². The Hall–Kier alpha value is -4.81. The number of carboxylic acid groups (broad SMARTS) is 2. The number of hydrogen-bond acceptors (Lipinski definition) is 10. The van der Waals surface area contributed by atoms with Gasteiger partial charge in [-0.15, -0.1) is 0 Å². The van der Waals surface area contributed by atoms with E-state index in [9.17, 15) is 53.4 Å². The van der Waals surface area contributed by atoms with Gasteiger partial charge in [-0.1, -0.05) is 61.8 Å². The van der Waals surface area contributed by atoms with E-state index < -0.39 is 114 Å². The summed E-state index contributed by atoms with van der Waals surface area (Å²) in [6.45, 7) is 14.8. The van der Waals surface area contributed by atoms with E-state index in [-0.39, 0.29) is 30.7 Å². The number of hydrogen-bond donors (Lipinski definition) is 9. The smallest absolute Gasteiger partial charge is 0.326 e. The molecule has 0 aliphatic carbocycles. The van der Waals surface area contributed by atoms with Crippen molar-refractivity contribution in [2.45, 2.75) is 137 Å². The number of aliphatic carboxylic acids is 2. The Morgan fingerprint density at radius 3 is 1.84 bits per heavy atom. The number of rotatable bonds is 22. The zero-order valence-corrected chi connectivity index (χ0v) is 33.4. The lowest BCUT2D eigenvalue weighted by molar-refractivity contribution is -0.146. The first-order valence-corrected chi connectivity index (χ1v) is 18.8. The van der Waals surface area contributed by atoms with Gasteiger partial charge in [0, 0.05) is 6.54 Å². The Morgan fingerprint density at radius 2 is 1.33 bits per heavy atom. The third kappa shape index (κ3) is 15.5. The molecule has 0 radical (unpaired) electrons. The van der Waals surface area contributed by atoms with E-state index in [0.717, 1.165) is 0 Å². The van der Waals surface area contributed by atoms with E-state index in [0.29, 0.717) is 19.3 Å². The number of nitrogens with two attached hydrogens (primary N) is 1. The second-order valence-electron chi connectivity index (χ2n) is 15.3. The summed E-state index contributed by atoms with van der Waals surface area (Å²) in [4.78, 5) is 116. The molecule has 1 heterocycles. The second kappa shape index (κ2) is 22.5. The van der Waals surface area contributed by atoms with Crippen molar-refractivity contribution >= 4 is 53.3 Å². The quantitative estimate of drug-likeness (QED) is 0.0628. The van der Waals surface area contributed by atoms with Crippen LogP contribution >= 0.6 is 0 Å². The molecule has 0 aromatic carbocycles. The van der Waals surface area contributed by atoms with Crippen LogP contribution in [0.1, 0.15) is 94.4 Å². The Morgan fingerprint density at radius 1 is 0.727 bits per heavy atom. The highest BCUT2D eigenvalue weighted by Crippen LogP contribution is 2.21. The number of carbonyl (C=O) groups is 9. The molecule has 0 unspecified atom stereocenters. The van der Waals surface area contributed by atoms with Gasteiger partial charge < -0.3 is 52.7 Å². The van der Waals surface area contributed by atoms with Crippen LogP contribution in [-0.2, 0) is 43.2 Å². The van der Waals surface area contributed by atoms with Gasteiger partial charge >= 0.3 is 11.9 Å². The van der Waals surface area contributed by atoms with Crippen molar-refractivity contribution in [3.8, 4) is 0 Å². The van der Waals surface area contributed by atoms with E-state index in [1.807, 2.05) is 0 Å². The molecule has 1 fully saturated rings. The average molecular weight is 783 g/mol. The fourth-order valence-electron chi connectivity index (χ4n) is 5.78. The highest BCUT2D eigenvalue weighted by Gasteiger charge is 2.40. The summed E-state index contributed by atoms with van der Waals surface area (Å²) in [5, 5.41) is 33.7. The lowest BCUT2D eigenvalue weighted by Crippen LogP contribution is -2.59. The van der Waals surface area contributed by atoms with Crippen molar-refractivity contribution in [1.82, 2.24) is 36.8 Å². The molecule has 8 atom stereocenters. The monoisotopic (exact) mass is 782 g/mol. The molecular formula is C36H62N8O11. The molecule has 55 heavy (non-hydrogen) atoms. The third-order valence-corrected chi connectivity index (χ3v) is 9.41. The summed E-state index contributed by atoms with van der Waals surface area (Å²) in [6.07, 6.45) is 0.683. The van der Waals surface area contributed by atoms with Gasteiger partial charge in [-0.3, -0.25) is 38.4 Å². The fraction of sp³-hybridized carbons (Fsp3) is 0.750. The lowest BCUT2D eigenvalue weighted by atomic mass is 9.98. The van der Waals surface area contributed by atoms with Gasteiger partial charge in [0.15, 0.2) is 0 Å². The summed E-state index contributed by atoms with van der Waals surface area (Å²) in [6, 6.07) is -8.10. The zero-order valence-electron chi connectivity index (χ0n) is 33.4. The van der Waals surface area contributed by atoms with E-state index in [1.165, 1.54) is 11.8 Å². The van der Waals surface area contributed by atoms with Crippen molar-refractivity contribution < 1.29 is 53.4 Å². The van der Waals surface area contributed by atoms with Crippen LogP contribution in [0.25, 0.3) is 0 Å². The van der Waals surface area contributed by atoms with Crippen molar-refractivity contribution in [1.29, 1.82) is 0 Å². The molecule has 0 saturated carbocycles. The molecule has 0 bridgehead atoms. The maximum Gasteiger partial charge on any atom is 0.326 e. The van der Waals surface area contributed by atoms with Crippen LogP contribution < -0.4 is 37.6 Å². The average Bonchev–Trinajstić information content (AvgIpc) is 3.59. The minimum absolute atomic E-state index is 0.111. The second-order valence-corrected chi connectivity index (χ2v) is 15.3. The van der Waals surface area contributed by atoms with Crippen LogP contribution in [0.2, 0.25) is 0 Å². The molecular weight excluding hydrogens is 720 g/mol. The van der Waals surface area contributed by atoms with Crippen molar-refractivity contribution in [3.05, 3.63) is 0 Å². The molecule has 0 aromatic heterocycles. The van der Waals surface area contributed by atoms with Gasteiger partial charge in [0.05, 0.1) is 19.0 Å².